The van der Waals surface area contributed by atoms with Crippen LogP contribution in [0.15, 0.2) is 126 Å². The third kappa shape index (κ3) is 3.63. The lowest BCUT2D eigenvalue weighted by atomic mass is 9.90. The highest BCUT2D eigenvalue weighted by Crippen LogP contribution is 2.61. The zero-order chi connectivity index (χ0) is 30.6. The number of nitrogens with zero attached hydrogens (tertiary/aromatic N) is 2. The molecule has 47 heavy (non-hydrogen) atoms. The lowest BCUT2D eigenvalue weighted by Gasteiger charge is -2.14. The zero-order valence-electron chi connectivity index (χ0n) is 26.0. The number of benzene rings is 5. The summed E-state index contributed by atoms with van der Waals surface area (Å²) in [6.07, 6.45) is 11.7. The SMILES string of the molecule is C1=Cc2c(c3cc(C4=Cc5c(oc6ccc(-n7c8ccccc8c8ccccc87)cc56)C5CC45)ccc3n2-c2ccccc2)CCC1. The van der Waals surface area contributed by atoms with Crippen molar-refractivity contribution in [2.45, 2.75) is 31.6 Å². The van der Waals surface area contributed by atoms with Crippen LogP contribution in [0.3, 0.4) is 0 Å². The first kappa shape index (κ1) is 25.6. The molecule has 3 heterocycles. The molecule has 3 aliphatic carbocycles. The molecule has 0 radical (unpaired) electrons. The molecule has 0 saturated heterocycles. The molecule has 224 valence electrons. The molecule has 0 N–H and O–H groups in total. The van der Waals surface area contributed by atoms with Gasteiger partial charge in [0.2, 0.25) is 0 Å². The summed E-state index contributed by atoms with van der Waals surface area (Å²) in [5, 5.41) is 5.16. The molecule has 1 saturated carbocycles. The quantitative estimate of drug-likeness (QED) is 0.197. The summed E-state index contributed by atoms with van der Waals surface area (Å²) in [7, 11) is 0. The van der Waals surface area contributed by atoms with Gasteiger partial charge in [0.15, 0.2) is 0 Å². The zero-order valence-corrected chi connectivity index (χ0v) is 26.0. The molecule has 3 aromatic heterocycles. The Morgan fingerprint density at radius 2 is 1.38 bits per heavy atom. The van der Waals surface area contributed by atoms with E-state index in [9.17, 15) is 0 Å². The Kier molecular flexibility index (Phi) is 5.18. The summed E-state index contributed by atoms with van der Waals surface area (Å²) in [5.41, 5.74) is 14.0. The molecule has 11 rings (SSSR count). The van der Waals surface area contributed by atoms with Crippen LogP contribution < -0.4 is 0 Å². The highest BCUT2D eigenvalue weighted by atomic mass is 16.3. The maximum Gasteiger partial charge on any atom is 0.135 e. The minimum absolute atomic E-state index is 0.457. The summed E-state index contributed by atoms with van der Waals surface area (Å²) in [4.78, 5) is 0. The molecule has 1 fully saturated rings. The number of aromatic nitrogens is 2. The van der Waals surface area contributed by atoms with Gasteiger partial charge in [0, 0.05) is 50.1 Å². The van der Waals surface area contributed by atoms with E-state index in [-0.39, 0.29) is 0 Å². The molecule has 3 heteroatoms. The van der Waals surface area contributed by atoms with Gasteiger partial charge in [-0.15, -0.1) is 0 Å². The predicted octanol–water partition coefficient (Wildman–Crippen LogP) is 11.5. The molecule has 2 atom stereocenters. The normalized spacial score (nSPS) is 18.3. The Morgan fingerprint density at radius 3 is 2.21 bits per heavy atom. The minimum atomic E-state index is 0.457. The van der Waals surface area contributed by atoms with Crippen molar-refractivity contribution < 1.29 is 4.42 Å². The number of furan rings is 1. The van der Waals surface area contributed by atoms with Crippen molar-refractivity contribution in [3.05, 3.63) is 149 Å². The van der Waals surface area contributed by atoms with Crippen LogP contribution in [0.1, 0.15) is 53.3 Å². The number of allylic oxidation sites excluding steroid dienone is 2. The third-order valence-corrected chi connectivity index (χ3v) is 10.9. The highest BCUT2D eigenvalue weighted by molar-refractivity contribution is 6.09. The van der Waals surface area contributed by atoms with Gasteiger partial charge in [-0.3, -0.25) is 0 Å². The van der Waals surface area contributed by atoms with Gasteiger partial charge >= 0.3 is 0 Å². The second-order valence-corrected chi connectivity index (χ2v) is 13.5. The summed E-state index contributed by atoms with van der Waals surface area (Å²) in [5.74, 6) is 2.15. The highest BCUT2D eigenvalue weighted by Gasteiger charge is 2.48. The lowest BCUT2D eigenvalue weighted by Crippen LogP contribution is -1.98. The van der Waals surface area contributed by atoms with Crippen LogP contribution in [0.4, 0.5) is 0 Å². The van der Waals surface area contributed by atoms with Crippen molar-refractivity contribution in [2.24, 2.45) is 5.92 Å². The maximum atomic E-state index is 6.62. The van der Waals surface area contributed by atoms with E-state index in [2.05, 4.69) is 143 Å². The summed E-state index contributed by atoms with van der Waals surface area (Å²) in [6, 6.07) is 42.3. The van der Waals surface area contributed by atoms with Crippen LogP contribution in [0.2, 0.25) is 0 Å². The van der Waals surface area contributed by atoms with Crippen molar-refractivity contribution in [2.75, 3.05) is 0 Å². The smallest absolute Gasteiger partial charge is 0.135 e. The third-order valence-electron chi connectivity index (χ3n) is 10.9. The van der Waals surface area contributed by atoms with Crippen molar-refractivity contribution in [1.82, 2.24) is 9.13 Å². The van der Waals surface area contributed by atoms with Gasteiger partial charge < -0.3 is 13.6 Å². The van der Waals surface area contributed by atoms with Crippen LogP contribution in [-0.4, -0.2) is 9.13 Å². The van der Waals surface area contributed by atoms with Crippen molar-refractivity contribution in [3.63, 3.8) is 0 Å². The molecule has 0 bridgehead atoms. The predicted molar refractivity (Wildman–Crippen MR) is 195 cm³/mol. The second-order valence-electron chi connectivity index (χ2n) is 13.5. The van der Waals surface area contributed by atoms with Gasteiger partial charge in [-0.05, 0) is 115 Å². The molecule has 3 nitrogen and oxygen atoms in total. The Morgan fingerprint density at radius 1 is 0.617 bits per heavy atom. The topological polar surface area (TPSA) is 23.0 Å². The van der Waals surface area contributed by atoms with Gasteiger partial charge in [-0.2, -0.15) is 0 Å². The molecular weight excluding hydrogens is 572 g/mol. The van der Waals surface area contributed by atoms with Gasteiger partial charge in [0.25, 0.3) is 0 Å². The van der Waals surface area contributed by atoms with E-state index >= 15 is 0 Å². The number of rotatable bonds is 3. The van der Waals surface area contributed by atoms with E-state index in [1.807, 2.05) is 0 Å². The van der Waals surface area contributed by atoms with Gasteiger partial charge in [0.05, 0.1) is 16.6 Å². The van der Waals surface area contributed by atoms with E-state index in [0.29, 0.717) is 11.8 Å². The lowest BCUT2D eigenvalue weighted by molar-refractivity contribution is 0.545. The average molecular weight is 605 g/mol. The van der Waals surface area contributed by atoms with E-state index < -0.39 is 0 Å². The molecular formula is C44H32N2O. The van der Waals surface area contributed by atoms with Gasteiger partial charge in [-0.25, -0.2) is 0 Å². The Labute approximate surface area is 272 Å². The average Bonchev–Trinajstić information content (AvgIpc) is 3.72. The van der Waals surface area contributed by atoms with E-state index in [4.69, 9.17) is 4.42 Å². The van der Waals surface area contributed by atoms with E-state index in [1.54, 1.807) is 0 Å². The number of fused-ring (bicyclic) bond motifs is 11. The second kappa shape index (κ2) is 9.49. The Hall–Kier alpha value is -5.54. The Bertz CT molecular complexity index is 2590. The van der Waals surface area contributed by atoms with Crippen LogP contribution in [-0.2, 0) is 6.42 Å². The first-order valence-electron chi connectivity index (χ1n) is 17.0. The standard InChI is InChI=1S/C44H32N2O/c1-3-11-28(12-4-1)45-41-16-6-2-5-13-32(41)35-23-27(19-21-42(35)45)33-25-38-36-24-29(20-22-43(36)47-44(38)37-26-34(33)37)46-39-17-9-7-14-30(39)31-15-8-10-18-40(31)46/h1,3-4,6-12,14-25,34,37H,2,5,13,26H2. The number of hydrogen-bond acceptors (Lipinski definition) is 1. The van der Waals surface area contributed by atoms with Crippen molar-refractivity contribution in [1.29, 1.82) is 0 Å². The van der Waals surface area contributed by atoms with Crippen LogP contribution in [0, 0.1) is 5.92 Å². The number of hydrogen-bond donors (Lipinski definition) is 0. The van der Waals surface area contributed by atoms with Crippen molar-refractivity contribution in [3.8, 4) is 11.4 Å². The van der Waals surface area contributed by atoms with Crippen molar-refractivity contribution >= 4 is 61.4 Å². The summed E-state index contributed by atoms with van der Waals surface area (Å²) < 4.78 is 11.5. The molecule has 2 unspecified atom stereocenters. The van der Waals surface area contributed by atoms with Crippen LogP contribution >= 0.6 is 0 Å². The van der Waals surface area contributed by atoms with Gasteiger partial charge in [0.1, 0.15) is 11.3 Å². The largest absolute Gasteiger partial charge is 0.460 e. The molecule has 3 aliphatic rings. The van der Waals surface area contributed by atoms with Crippen LogP contribution in [0.25, 0.3) is 72.8 Å². The molecule has 0 aliphatic heterocycles. The number of aryl methyl sites for hydroxylation is 1. The Balaban J connectivity index is 1.09. The molecule has 0 amide bonds. The van der Waals surface area contributed by atoms with E-state index in [1.165, 1.54) is 89.6 Å². The van der Waals surface area contributed by atoms with Crippen LogP contribution in [0.5, 0.6) is 0 Å². The fourth-order valence-electron chi connectivity index (χ4n) is 8.72. The minimum Gasteiger partial charge on any atom is -0.460 e. The van der Waals surface area contributed by atoms with E-state index in [0.717, 1.165) is 24.8 Å². The first-order valence-corrected chi connectivity index (χ1v) is 17.0. The maximum absolute atomic E-state index is 6.62. The monoisotopic (exact) mass is 604 g/mol. The number of para-hydroxylation sites is 3. The summed E-state index contributed by atoms with van der Waals surface area (Å²) >= 11 is 0. The molecule has 8 aromatic rings. The summed E-state index contributed by atoms with van der Waals surface area (Å²) in [6.45, 7) is 0. The molecule has 5 aromatic carbocycles. The molecule has 0 spiro atoms. The first-order chi connectivity index (χ1) is 23.3. The fourth-order valence-corrected chi connectivity index (χ4v) is 8.72. The van der Waals surface area contributed by atoms with Gasteiger partial charge in [-0.1, -0.05) is 66.7 Å². The fraction of sp³-hybridized carbons (Fsp3) is 0.136.